The van der Waals surface area contributed by atoms with Crippen molar-refractivity contribution >= 4 is 22.4 Å². The largest absolute Gasteiger partial charge is 0.322 e. The van der Waals surface area contributed by atoms with Crippen LogP contribution in [0.1, 0.15) is 45.1 Å². The zero-order valence-corrected chi connectivity index (χ0v) is 20.0. The van der Waals surface area contributed by atoms with Crippen LogP contribution in [0.2, 0.25) is 0 Å². The van der Waals surface area contributed by atoms with Gasteiger partial charge in [0, 0.05) is 37.4 Å². The summed E-state index contributed by atoms with van der Waals surface area (Å²) in [4.78, 5) is 16.0. The van der Waals surface area contributed by atoms with E-state index in [4.69, 9.17) is 0 Å². The van der Waals surface area contributed by atoms with Crippen molar-refractivity contribution in [2.24, 2.45) is 0 Å². The van der Waals surface area contributed by atoms with Gasteiger partial charge in [-0.3, -0.25) is 0 Å². The minimum atomic E-state index is -7.90. The van der Waals surface area contributed by atoms with Crippen molar-refractivity contribution in [2.45, 2.75) is 63.1 Å². The third-order valence-corrected chi connectivity index (χ3v) is 7.27. The highest BCUT2D eigenvalue weighted by atomic mass is 32.4. The van der Waals surface area contributed by atoms with Crippen molar-refractivity contribution in [2.75, 3.05) is 18.4 Å². The second-order valence-corrected chi connectivity index (χ2v) is 10.7. The number of amides is 2. The monoisotopic (exact) mass is 487 g/mol. The third-order valence-electron chi connectivity index (χ3n) is 6.21. The number of urea groups is 1. The third kappa shape index (κ3) is 7.11. The topological polar surface area (TPSA) is 35.6 Å². The van der Waals surface area contributed by atoms with Gasteiger partial charge in [-0.05, 0) is 49.9 Å². The Bertz CT molecular complexity index is 921. The van der Waals surface area contributed by atoms with Crippen molar-refractivity contribution in [1.29, 1.82) is 0 Å². The van der Waals surface area contributed by atoms with E-state index in [1.165, 1.54) is 6.07 Å². The Balaban J connectivity index is 1.76. The number of rotatable bonds is 8. The van der Waals surface area contributed by atoms with Gasteiger partial charge in [-0.15, -0.1) is 15.5 Å². The number of piperidine rings is 1. The standard InChI is InChI=1S/C24H33F4N3OS/c1-3-8-19(2)30-15-13-22(14-16-30)31(18-20-9-5-4-6-10-20)24(32)29-21-11-7-12-23(17-21)33(25,26,27)28/h4-7,9-12,17,19,22,33H,3,8,13-16,18H2,1-2H3,(H,29,32). The van der Waals surface area contributed by atoms with Gasteiger partial charge in [-0.2, -0.15) is 0 Å². The van der Waals surface area contributed by atoms with E-state index in [0.717, 1.165) is 50.4 Å². The van der Waals surface area contributed by atoms with E-state index in [9.17, 15) is 20.3 Å². The van der Waals surface area contributed by atoms with Crippen molar-refractivity contribution in [3.63, 3.8) is 0 Å². The van der Waals surface area contributed by atoms with Crippen LogP contribution >= 0.6 is 10.7 Å². The molecule has 2 aromatic rings. The quantitative estimate of drug-likeness (QED) is 0.302. The van der Waals surface area contributed by atoms with E-state index in [-0.39, 0.29) is 11.7 Å². The minimum absolute atomic E-state index is 0.0394. The van der Waals surface area contributed by atoms with E-state index < -0.39 is 21.6 Å². The number of hydrogen-bond acceptors (Lipinski definition) is 2. The average Bonchev–Trinajstić information content (AvgIpc) is 2.77. The fraction of sp³-hybridized carbons (Fsp3) is 0.458. The summed E-state index contributed by atoms with van der Waals surface area (Å²) in [6.45, 7) is 6.45. The Morgan fingerprint density at radius 1 is 1.09 bits per heavy atom. The Kier molecular flexibility index (Phi) is 7.95. The SMILES string of the molecule is CCCC(C)N1CCC(N(Cc2ccccc2)C(=O)Nc2cccc([SH](F)(F)(F)F)c2)CC1. The average molecular weight is 488 g/mol. The van der Waals surface area contributed by atoms with Crippen LogP contribution in [0.3, 0.4) is 0 Å². The predicted octanol–water partition coefficient (Wildman–Crippen LogP) is 7.34. The molecular weight excluding hydrogens is 454 g/mol. The number of carbonyl (C=O) groups excluding carboxylic acids is 1. The van der Waals surface area contributed by atoms with Gasteiger partial charge in [0.05, 0.1) is 4.90 Å². The second-order valence-electron chi connectivity index (χ2n) is 8.72. The number of hydrogen-bond donors (Lipinski definition) is 2. The Labute approximate surface area is 194 Å². The molecule has 1 N–H and O–H groups in total. The Morgan fingerprint density at radius 2 is 1.76 bits per heavy atom. The molecule has 4 nitrogen and oxygen atoms in total. The summed E-state index contributed by atoms with van der Waals surface area (Å²) in [6.07, 6.45) is 3.80. The van der Waals surface area contributed by atoms with Crippen LogP contribution in [0.5, 0.6) is 0 Å². The first-order chi connectivity index (χ1) is 15.5. The molecule has 0 aliphatic carbocycles. The summed E-state index contributed by atoms with van der Waals surface area (Å²) in [5.74, 6) is 0. The fourth-order valence-electron chi connectivity index (χ4n) is 4.37. The summed E-state index contributed by atoms with van der Waals surface area (Å²) in [7, 11) is -7.90. The molecule has 33 heavy (non-hydrogen) atoms. The Morgan fingerprint density at radius 3 is 2.36 bits per heavy atom. The van der Waals surface area contributed by atoms with E-state index in [1.807, 2.05) is 30.3 Å². The predicted molar refractivity (Wildman–Crippen MR) is 128 cm³/mol. The lowest BCUT2D eigenvalue weighted by molar-refractivity contribution is 0.0989. The van der Waals surface area contributed by atoms with E-state index in [1.54, 1.807) is 4.90 Å². The minimum Gasteiger partial charge on any atom is -0.317 e. The van der Waals surface area contributed by atoms with Gasteiger partial charge in [0.2, 0.25) is 0 Å². The van der Waals surface area contributed by atoms with Crippen LogP contribution in [0, 0.1) is 0 Å². The maximum Gasteiger partial charge on any atom is 0.322 e. The number of carbonyl (C=O) groups is 1. The molecule has 184 valence electrons. The molecule has 0 aromatic heterocycles. The van der Waals surface area contributed by atoms with Crippen LogP contribution < -0.4 is 5.32 Å². The first-order valence-corrected chi connectivity index (χ1v) is 13.2. The molecule has 0 saturated carbocycles. The number of nitrogens with one attached hydrogen (secondary N) is 1. The summed E-state index contributed by atoms with van der Waals surface area (Å²) in [5, 5.41) is 2.57. The summed E-state index contributed by atoms with van der Waals surface area (Å²) in [5.41, 5.74) is 0.873. The highest BCUT2D eigenvalue weighted by molar-refractivity contribution is 8.33. The van der Waals surface area contributed by atoms with Gasteiger partial charge in [0.1, 0.15) is 0 Å². The second kappa shape index (κ2) is 10.3. The molecule has 9 heteroatoms. The van der Waals surface area contributed by atoms with Crippen molar-refractivity contribution in [3.8, 4) is 0 Å². The van der Waals surface area contributed by atoms with Crippen LogP contribution in [0.15, 0.2) is 59.5 Å². The molecule has 0 spiro atoms. The van der Waals surface area contributed by atoms with Crippen LogP contribution in [0.25, 0.3) is 0 Å². The summed E-state index contributed by atoms with van der Waals surface area (Å²) >= 11 is 0. The molecule has 1 unspecified atom stereocenters. The molecule has 0 radical (unpaired) electrons. The molecule has 0 bridgehead atoms. The van der Waals surface area contributed by atoms with Gasteiger partial charge >= 0.3 is 6.03 Å². The molecule has 1 fully saturated rings. The highest BCUT2D eigenvalue weighted by Crippen LogP contribution is 2.82. The highest BCUT2D eigenvalue weighted by Gasteiger charge is 2.39. The van der Waals surface area contributed by atoms with Gasteiger partial charge in [-0.1, -0.05) is 49.7 Å². The first kappa shape index (κ1) is 25.4. The lowest BCUT2D eigenvalue weighted by atomic mass is 10.00. The number of nitrogens with zero attached hydrogens (tertiary/aromatic N) is 2. The normalized spacial score (nSPS) is 17.7. The smallest absolute Gasteiger partial charge is 0.317 e. The zero-order chi connectivity index (χ0) is 24.1. The van der Waals surface area contributed by atoms with E-state index in [2.05, 4.69) is 24.1 Å². The first-order valence-electron chi connectivity index (χ1n) is 11.4. The fourth-order valence-corrected chi connectivity index (χ4v) is 5.02. The molecular formula is C24H33F4N3OS. The molecule has 1 aliphatic heterocycles. The number of benzene rings is 2. The number of thiol groups is 1. The van der Waals surface area contributed by atoms with Crippen molar-refractivity contribution < 1.29 is 20.3 Å². The molecule has 1 saturated heterocycles. The number of likely N-dealkylation sites (tertiary alicyclic amines) is 1. The summed E-state index contributed by atoms with van der Waals surface area (Å²) < 4.78 is 52.9. The molecule has 2 amide bonds. The Hall–Kier alpha value is -2.26. The van der Waals surface area contributed by atoms with Gasteiger partial charge < -0.3 is 15.1 Å². The van der Waals surface area contributed by atoms with Crippen molar-refractivity contribution in [3.05, 3.63) is 60.2 Å². The molecule has 2 aromatic carbocycles. The molecule has 3 rings (SSSR count). The zero-order valence-electron chi connectivity index (χ0n) is 19.1. The van der Waals surface area contributed by atoms with Gasteiger partial charge in [0.25, 0.3) is 0 Å². The number of anilines is 1. The van der Waals surface area contributed by atoms with Gasteiger partial charge in [-0.25, -0.2) is 4.79 Å². The number of halogens is 4. The maximum atomic E-state index is 13.2. The van der Waals surface area contributed by atoms with Crippen LogP contribution in [-0.2, 0) is 6.54 Å². The van der Waals surface area contributed by atoms with Gasteiger partial charge in [0.15, 0.2) is 10.7 Å². The van der Waals surface area contributed by atoms with Crippen LogP contribution in [0.4, 0.5) is 26.0 Å². The lowest BCUT2D eigenvalue weighted by Gasteiger charge is -2.40. The van der Waals surface area contributed by atoms with Crippen LogP contribution in [-0.4, -0.2) is 41.0 Å². The molecule has 1 heterocycles. The summed E-state index contributed by atoms with van der Waals surface area (Å²) in [6, 6.07) is 13.3. The van der Waals surface area contributed by atoms with E-state index in [0.29, 0.717) is 24.7 Å². The van der Waals surface area contributed by atoms with Crippen molar-refractivity contribution in [1.82, 2.24) is 9.80 Å². The maximum absolute atomic E-state index is 13.2. The molecule has 1 aliphatic rings. The lowest BCUT2D eigenvalue weighted by Crippen LogP contribution is -2.50. The molecule has 1 atom stereocenters. The van der Waals surface area contributed by atoms with E-state index >= 15 is 0 Å².